The van der Waals surface area contributed by atoms with Gasteiger partial charge in [-0.2, -0.15) is 0 Å². The molecule has 0 aromatic heterocycles. The lowest BCUT2D eigenvalue weighted by Gasteiger charge is -2.39. The largest absolute Gasteiger partial charge is 0.480 e. The van der Waals surface area contributed by atoms with Crippen molar-refractivity contribution < 1.29 is 9.90 Å². The Kier molecular flexibility index (Phi) is 3.76. The molecule has 0 radical (unpaired) electrons. The van der Waals surface area contributed by atoms with Gasteiger partial charge < -0.3 is 10.4 Å². The lowest BCUT2D eigenvalue weighted by Crippen LogP contribution is -2.55. The summed E-state index contributed by atoms with van der Waals surface area (Å²) in [4.78, 5) is 11.5. The number of rotatable bonds is 5. The van der Waals surface area contributed by atoms with E-state index in [1.165, 1.54) is 12.8 Å². The third kappa shape index (κ3) is 3.01. The molecular formula is C14H25NO2. The molecule has 0 amide bonds. The summed E-state index contributed by atoms with van der Waals surface area (Å²) >= 11 is 0. The van der Waals surface area contributed by atoms with E-state index in [1.54, 1.807) is 0 Å². The number of hydrogen-bond donors (Lipinski definition) is 2. The Labute approximate surface area is 104 Å². The van der Waals surface area contributed by atoms with Gasteiger partial charge in [-0.05, 0) is 62.8 Å². The number of aliphatic carboxylic acids is 1. The van der Waals surface area contributed by atoms with Gasteiger partial charge in [0, 0.05) is 0 Å². The van der Waals surface area contributed by atoms with Crippen molar-refractivity contribution in [1.82, 2.24) is 5.32 Å². The van der Waals surface area contributed by atoms with Gasteiger partial charge in [0.05, 0.1) is 0 Å². The van der Waals surface area contributed by atoms with Crippen molar-refractivity contribution >= 4 is 5.97 Å². The van der Waals surface area contributed by atoms with Gasteiger partial charge >= 0.3 is 5.97 Å². The van der Waals surface area contributed by atoms with Gasteiger partial charge in [0.25, 0.3) is 0 Å². The zero-order valence-corrected chi connectivity index (χ0v) is 11.0. The lowest BCUT2D eigenvalue weighted by molar-refractivity contribution is -0.147. The lowest BCUT2D eigenvalue weighted by atomic mass is 9.72. The Morgan fingerprint density at radius 1 is 1.29 bits per heavy atom. The van der Waals surface area contributed by atoms with Crippen molar-refractivity contribution in [3.63, 3.8) is 0 Å². The van der Waals surface area contributed by atoms with Crippen LogP contribution in [0.5, 0.6) is 0 Å². The first-order valence-electron chi connectivity index (χ1n) is 7.02. The molecule has 2 saturated carbocycles. The van der Waals surface area contributed by atoms with Crippen LogP contribution in [0.2, 0.25) is 0 Å². The fourth-order valence-corrected chi connectivity index (χ4v) is 2.93. The first-order valence-corrected chi connectivity index (χ1v) is 7.02. The maximum Gasteiger partial charge on any atom is 0.323 e. The first-order chi connectivity index (χ1) is 8.03. The quantitative estimate of drug-likeness (QED) is 0.775. The molecule has 0 saturated heterocycles. The molecule has 2 fully saturated rings. The van der Waals surface area contributed by atoms with Crippen LogP contribution in [0.4, 0.5) is 0 Å². The molecule has 2 aliphatic rings. The van der Waals surface area contributed by atoms with Crippen LogP contribution in [0.3, 0.4) is 0 Å². The predicted molar refractivity (Wildman–Crippen MR) is 67.9 cm³/mol. The van der Waals surface area contributed by atoms with Gasteiger partial charge in [-0.15, -0.1) is 0 Å². The summed E-state index contributed by atoms with van der Waals surface area (Å²) in [5, 5.41) is 12.8. The van der Waals surface area contributed by atoms with E-state index in [-0.39, 0.29) is 0 Å². The third-order valence-electron chi connectivity index (χ3n) is 4.66. The molecule has 2 N–H and O–H groups in total. The van der Waals surface area contributed by atoms with Crippen LogP contribution in [0, 0.1) is 17.8 Å². The molecule has 0 heterocycles. The summed E-state index contributed by atoms with van der Waals surface area (Å²) in [6.45, 7) is 5.39. The second-order valence-electron chi connectivity index (χ2n) is 6.29. The second-order valence-corrected chi connectivity index (χ2v) is 6.29. The van der Waals surface area contributed by atoms with E-state index in [1.807, 2.05) is 0 Å². The van der Waals surface area contributed by atoms with E-state index >= 15 is 0 Å². The van der Waals surface area contributed by atoms with Gasteiger partial charge in [0.15, 0.2) is 0 Å². The summed E-state index contributed by atoms with van der Waals surface area (Å²) in [5.41, 5.74) is -0.617. The van der Waals surface area contributed by atoms with Crippen molar-refractivity contribution in [3.8, 4) is 0 Å². The number of carbonyl (C=O) groups is 1. The fraction of sp³-hybridized carbons (Fsp3) is 0.929. The number of carboxylic acids is 1. The van der Waals surface area contributed by atoms with Crippen molar-refractivity contribution in [2.75, 3.05) is 6.54 Å². The molecule has 3 nitrogen and oxygen atoms in total. The van der Waals surface area contributed by atoms with Crippen LogP contribution in [0.1, 0.15) is 52.4 Å². The van der Waals surface area contributed by atoms with Gasteiger partial charge in [-0.3, -0.25) is 4.79 Å². The minimum atomic E-state index is -0.639. The highest BCUT2D eigenvalue weighted by Gasteiger charge is 2.42. The van der Waals surface area contributed by atoms with Crippen molar-refractivity contribution in [3.05, 3.63) is 0 Å². The molecule has 0 unspecified atom stereocenters. The summed E-state index contributed by atoms with van der Waals surface area (Å²) < 4.78 is 0. The van der Waals surface area contributed by atoms with Gasteiger partial charge in [0.1, 0.15) is 5.54 Å². The molecule has 2 rings (SSSR count). The molecule has 17 heavy (non-hydrogen) atoms. The van der Waals surface area contributed by atoms with E-state index in [4.69, 9.17) is 0 Å². The zero-order valence-electron chi connectivity index (χ0n) is 11.0. The summed E-state index contributed by atoms with van der Waals surface area (Å²) in [7, 11) is 0. The molecule has 98 valence electrons. The van der Waals surface area contributed by atoms with E-state index in [2.05, 4.69) is 19.2 Å². The van der Waals surface area contributed by atoms with Crippen molar-refractivity contribution in [2.24, 2.45) is 17.8 Å². The average Bonchev–Trinajstić information content (AvgIpc) is 3.10. The maximum absolute atomic E-state index is 11.5. The molecule has 2 aliphatic carbocycles. The summed E-state index contributed by atoms with van der Waals surface area (Å²) in [6, 6.07) is 0. The highest BCUT2D eigenvalue weighted by Crippen LogP contribution is 2.37. The van der Waals surface area contributed by atoms with Crippen LogP contribution in [0.25, 0.3) is 0 Å². The first kappa shape index (κ1) is 12.9. The van der Waals surface area contributed by atoms with Crippen LogP contribution in [-0.2, 0) is 4.79 Å². The number of hydrogen-bond acceptors (Lipinski definition) is 2. The molecule has 0 aromatic carbocycles. The molecule has 0 spiro atoms. The number of nitrogens with one attached hydrogen (secondary N) is 1. The Balaban J connectivity index is 1.91. The Morgan fingerprint density at radius 3 is 2.29 bits per heavy atom. The minimum absolute atomic E-state index is 0.617. The molecule has 0 aliphatic heterocycles. The molecule has 3 heteroatoms. The van der Waals surface area contributed by atoms with Crippen molar-refractivity contribution in [1.29, 1.82) is 0 Å². The molecular weight excluding hydrogens is 214 g/mol. The fourth-order valence-electron chi connectivity index (χ4n) is 2.93. The van der Waals surface area contributed by atoms with Crippen molar-refractivity contribution in [2.45, 2.75) is 57.9 Å². The molecule has 0 bridgehead atoms. The minimum Gasteiger partial charge on any atom is -0.480 e. The Hall–Kier alpha value is -0.570. The zero-order chi connectivity index (χ0) is 12.5. The average molecular weight is 239 g/mol. The van der Waals surface area contributed by atoms with E-state index in [9.17, 15) is 9.90 Å². The predicted octanol–water partition coefficient (Wildman–Crippen LogP) is 2.66. The van der Waals surface area contributed by atoms with E-state index in [0.29, 0.717) is 11.8 Å². The topological polar surface area (TPSA) is 49.3 Å². The van der Waals surface area contributed by atoms with Crippen LogP contribution in [-0.4, -0.2) is 23.2 Å². The van der Waals surface area contributed by atoms with E-state index < -0.39 is 11.5 Å². The smallest absolute Gasteiger partial charge is 0.323 e. The second kappa shape index (κ2) is 4.97. The third-order valence-corrected chi connectivity index (χ3v) is 4.66. The standard InChI is InChI=1S/C14H25NO2/c1-10(2)12-5-7-14(8-6-12,13(16)17)15-9-11-3-4-11/h10-12,15H,3-9H2,1-2H3,(H,16,17). The van der Waals surface area contributed by atoms with Crippen LogP contribution < -0.4 is 5.32 Å². The van der Waals surface area contributed by atoms with E-state index in [0.717, 1.165) is 38.1 Å². The molecule has 0 aromatic rings. The molecule has 0 atom stereocenters. The maximum atomic E-state index is 11.5. The normalized spacial score (nSPS) is 33.9. The van der Waals surface area contributed by atoms with Gasteiger partial charge in [-0.25, -0.2) is 0 Å². The van der Waals surface area contributed by atoms with Gasteiger partial charge in [-0.1, -0.05) is 13.8 Å². The van der Waals surface area contributed by atoms with Crippen LogP contribution in [0.15, 0.2) is 0 Å². The van der Waals surface area contributed by atoms with Gasteiger partial charge in [0.2, 0.25) is 0 Å². The van der Waals surface area contributed by atoms with Crippen LogP contribution >= 0.6 is 0 Å². The summed E-state index contributed by atoms with van der Waals surface area (Å²) in [5.74, 6) is 1.50. The SMILES string of the molecule is CC(C)C1CCC(NCC2CC2)(C(=O)O)CC1. The number of carboxylic acid groups (broad SMARTS) is 1. The highest BCUT2D eigenvalue weighted by molar-refractivity contribution is 5.78. The monoisotopic (exact) mass is 239 g/mol. The Bertz CT molecular complexity index is 276. The Morgan fingerprint density at radius 2 is 1.88 bits per heavy atom. The summed E-state index contributed by atoms with van der Waals surface area (Å²) in [6.07, 6.45) is 6.27. The highest BCUT2D eigenvalue weighted by atomic mass is 16.4.